The SMILES string of the molecule is OC1(C(F)(F)F)CC(c2ccc(Cc3ccnn3Cc3ccccc3)cc2)=NO1. The fraction of sp³-hybridized carbons (Fsp3) is 0.238. The van der Waals surface area contributed by atoms with Crippen molar-refractivity contribution in [3.63, 3.8) is 0 Å². The predicted molar refractivity (Wildman–Crippen MR) is 100 cm³/mol. The van der Waals surface area contributed by atoms with Gasteiger partial charge in [0, 0.05) is 18.3 Å². The van der Waals surface area contributed by atoms with E-state index in [1.165, 1.54) is 0 Å². The Labute approximate surface area is 165 Å². The lowest BCUT2D eigenvalue weighted by Crippen LogP contribution is -2.45. The van der Waals surface area contributed by atoms with Crippen LogP contribution in [0.3, 0.4) is 0 Å². The van der Waals surface area contributed by atoms with E-state index in [4.69, 9.17) is 0 Å². The Bertz CT molecular complexity index is 1010. The van der Waals surface area contributed by atoms with Crippen molar-refractivity contribution in [3.8, 4) is 0 Å². The highest BCUT2D eigenvalue weighted by molar-refractivity contribution is 6.01. The molecule has 1 aliphatic heterocycles. The zero-order valence-corrected chi connectivity index (χ0v) is 15.3. The largest absolute Gasteiger partial charge is 0.458 e. The molecule has 1 atom stereocenters. The van der Waals surface area contributed by atoms with Crippen LogP contribution in [0.15, 0.2) is 72.0 Å². The molecule has 0 saturated carbocycles. The molecule has 0 fully saturated rings. The van der Waals surface area contributed by atoms with Crippen molar-refractivity contribution in [2.45, 2.75) is 31.3 Å². The van der Waals surface area contributed by atoms with E-state index in [0.717, 1.165) is 16.8 Å². The number of alkyl halides is 3. The number of nitrogens with zero attached hydrogens (tertiary/aromatic N) is 3. The molecule has 0 saturated heterocycles. The summed E-state index contributed by atoms with van der Waals surface area (Å²) in [6.45, 7) is 0.658. The highest BCUT2D eigenvalue weighted by Gasteiger charge is 2.60. The number of hydrogen-bond donors (Lipinski definition) is 1. The van der Waals surface area contributed by atoms with Gasteiger partial charge in [-0.3, -0.25) is 4.68 Å². The maximum Gasteiger partial charge on any atom is 0.458 e. The van der Waals surface area contributed by atoms with Gasteiger partial charge in [0.1, 0.15) is 0 Å². The fourth-order valence-corrected chi connectivity index (χ4v) is 3.16. The van der Waals surface area contributed by atoms with E-state index in [2.05, 4.69) is 15.1 Å². The van der Waals surface area contributed by atoms with E-state index in [0.29, 0.717) is 18.5 Å². The van der Waals surface area contributed by atoms with E-state index >= 15 is 0 Å². The van der Waals surface area contributed by atoms with E-state index < -0.39 is 18.4 Å². The van der Waals surface area contributed by atoms with Crippen LogP contribution in [0.2, 0.25) is 0 Å². The minimum absolute atomic E-state index is 0.0606. The van der Waals surface area contributed by atoms with Gasteiger partial charge in [-0.2, -0.15) is 18.3 Å². The molecule has 3 aromatic rings. The lowest BCUT2D eigenvalue weighted by atomic mass is 10.00. The minimum atomic E-state index is -4.91. The molecular weight excluding hydrogens is 383 g/mol. The summed E-state index contributed by atoms with van der Waals surface area (Å²) in [7, 11) is 0. The van der Waals surface area contributed by atoms with Gasteiger partial charge in [-0.15, -0.1) is 0 Å². The van der Waals surface area contributed by atoms with Gasteiger partial charge in [0.2, 0.25) is 0 Å². The summed E-state index contributed by atoms with van der Waals surface area (Å²) < 4.78 is 40.5. The number of aliphatic hydroxyl groups is 1. The van der Waals surface area contributed by atoms with Crippen LogP contribution in [0, 0.1) is 0 Å². The second-order valence-corrected chi connectivity index (χ2v) is 6.93. The molecule has 1 unspecified atom stereocenters. The molecule has 1 aromatic heterocycles. The zero-order chi connectivity index (χ0) is 20.5. The van der Waals surface area contributed by atoms with E-state index in [1.54, 1.807) is 18.3 Å². The fourth-order valence-electron chi connectivity index (χ4n) is 3.16. The monoisotopic (exact) mass is 401 g/mol. The molecule has 4 rings (SSSR count). The Balaban J connectivity index is 1.45. The van der Waals surface area contributed by atoms with Crippen molar-refractivity contribution in [2.24, 2.45) is 5.16 Å². The first-order valence-electron chi connectivity index (χ1n) is 9.02. The number of aromatic nitrogens is 2. The van der Waals surface area contributed by atoms with Crippen LogP contribution in [-0.4, -0.2) is 32.6 Å². The van der Waals surface area contributed by atoms with Crippen LogP contribution in [0.1, 0.15) is 28.8 Å². The molecule has 0 bridgehead atoms. The lowest BCUT2D eigenvalue weighted by Gasteiger charge is -2.22. The third kappa shape index (κ3) is 4.02. The van der Waals surface area contributed by atoms with Gasteiger partial charge in [-0.05, 0) is 22.8 Å². The molecule has 2 heterocycles. The Hall–Kier alpha value is -3.13. The molecule has 1 aliphatic rings. The van der Waals surface area contributed by atoms with Crippen molar-refractivity contribution in [1.82, 2.24) is 9.78 Å². The average molecular weight is 401 g/mol. The average Bonchev–Trinajstić information content (AvgIpc) is 3.30. The van der Waals surface area contributed by atoms with Gasteiger partial charge in [-0.25, -0.2) is 0 Å². The first-order valence-corrected chi connectivity index (χ1v) is 9.02. The maximum atomic E-state index is 12.8. The zero-order valence-electron chi connectivity index (χ0n) is 15.3. The van der Waals surface area contributed by atoms with Crippen LogP contribution in [-0.2, 0) is 17.8 Å². The molecule has 8 heteroatoms. The Kier molecular flexibility index (Phi) is 4.87. The van der Waals surface area contributed by atoms with Crippen molar-refractivity contribution >= 4 is 5.71 Å². The summed E-state index contributed by atoms with van der Waals surface area (Å²) in [5, 5.41) is 17.4. The second-order valence-electron chi connectivity index (χ2n) is 6.93. The van der Waals surface area contributed by atoms with Crippen LogP contribution >= 0.6 is 0 Å². The Morgan fingerprint density at radius 2 is 1.72 bits per heavy atom. The predicted octanol–water partition coefficient (Wildman–Crippen LogP) is 3.90. The number of oxime groups is 1. The Morgan fingerprint density at radius 3 is 2.38 bits per heavy atom. The summed E-state index contributed by atoms with van der Waals surface area (Å²) in [4.78, 5) is 4.27. The Morgan fingerprint density at radius 1 is 1.00 bits per heavy atom. The third-order valence-electron chi connectivity index (χ3n) is 4.81. The maximum absolute atomic E-state index is 12.8. The molecule has 150 valence electrons. The van der Waals surface area contributed by atoms with E-state index in [1.807, 2.05) is 53.2 Å². The molecule has 0 amide bonds. The van der Waals surface area contributed by atoms with Gasteiger partial charge < -0.3 is 9.94 Å². The van der Waals surface area contributed by atoms with E-state index in [9.17, 15) is 18.3 Å². The van der Waals surface area contributed by atoms with Crippen molar-refractivity contribution < 1.29 is 23.1 Å². The van der Waals surface area contributed by atoms with Gasteiger partial charge in [0.05, 0.1) is 18.7 Å². The summed E-state index contributed by atoms with van der Waals surface area (Å²) in [5.41, 5.74) is 3.69. The van der Waals surface area contributed by atoms with Crippen molar-refractivity contribution in [3.05, 3.63) is 89.2 Å². The molecule has 0 radical (unpaired) electrons. The van der Waals surface area contributed by atoms with Crippen LogP contribution in [0.5, 0.6) is 0 Å². The quantitative estimate of drug-likeness (QED) is 0.706. The number of halogens is 3. The van der Waals surface area contributed by atoms with Crippen LogP contribution in [0.25, 0.3) is 0 Å². The summed E-state index contributed by atoms with van der Waals surface area (Å²) in [5.74, 6) is -3.26. The van der Waals surface area contributed by atoms with Gasteiger partial charge in [0.15, 0.2) is 0 Å². The standard InChI is InChI=1S/C21H18F3N3O2/c22-21(23,24)20(28)13-19(26-29-20)17-8-6-15(7-9-17)12-18-10-11-25-27(18)14-16-4-2-1-3-5-16/h1-11,28H,12-14H2. The smallest absolute Gasteiger partial charge is 0.350 e. The number of rotatable bonds is 5. The van der Waals surface area contributed by atoms with Gasteiger partial charge in [0.25, 0.3) is 0 Å². The minimum Gasteiger partial charge on any atom is -0.350 e. The second kappa shape index (κ2) is 7.36. The highest BCUT2D eigenvalue weighted by Crippen LogP contribution is 2.38. The molecule has 0 spiro atoms. The van der Waals surface area contributed by atoms with Gasteiger partial charge in [-0.1, -0.05) is 59.8 Å². The lowest BCUT2D eigenvalue weighted by molar-refractivity contribution is -0.355. The molecule has 2 aromatic carbocycles. The number of benzene rings is 2. The molecule has 1 N–H and O–H groups in total. The van der Waals surface area contributed by atoms with Gasteiger partial charge >= 0.3 is 12.0 Å². The third-order valence-corrected chi connectivity index (χ3v) is 4.81. The normalized spacial score (nSPS) is 19.1. The van der Waals surface area contributed by atoms with E-state index in [-0.39, 0.29) is 5.71 Å². The summed E-state index contributed by atoms with van der Waals surface area (Å²) in [6.07, 6.45) is -3.27. The van der Waals surface area contributed by atoms with Crippen LogP contribution < -0.4 is 0 Å². The molecule has 0 aliphatic carbocycles. The highest BCUT2D eigenvalue weighted by atomic mass is 19.4. The molecule has 5 nitrogen and oxygen atoms in total. The first-order chi connectivity index (χ1) is 13.8. The first kappa shape index (κ1) is 19.2. The summed E-state index contributed by atoms with van der Waals surface area (Å²) in [6, 6.07) is 18.9. The molecular formula is C21H18F3N3O2. The van der Waals surface area contributed by atoms with Crippen LogP contribution in [0.4, 0.5) is 13.2 Å². The van der Waals surface area contributed by atoms with Crippen molar-refractivity contribution in [2.75, 3.05) is 0 Å². The molecule has 29 heavy (non-hydrogen) atoms. The van der Waals surface area contributed by atoms with Crippen molar-refractivity contribution in [1.29, 1.82) is 0 Å². The number of hydrogen-bond acceptors (Lipinski definition) is 4. The topological polar surface area (TPSA) is 59.6 Å². The summed E-state index contributed by atoms with van der Waals surface area (Å²) >= 11 is 0.